The number of carbonyl (C=O) groups excluding carboxylic acids is 2. The van der Waals surface area contributed by atoms with Crippen molar-refractivity contribution in [3.8, 4) is 0 Å². The molecule has 1 amide bonds. The first-order chi connectivity index (χ1) is 7.80. The predicted molar refractivity (Wildman–Crippen MR) is 64.0 cm³/mol. The minimum atomic E-state index is -3.20. The highest BCUT2D eigenvalue weighted by Crippen LogP contribution is 2.00. The Balaban J connectivity index is 4.44. The second kappa shape index (κ2) is 7.50. The third-order valence-corrected chi connectivity index (χ3v) is 3.11. The molecule has 0 bridgehead atoms. The molecule has 1 atom stereocenters. The number of hydrogen-bond donors (Lipinski definition) is 1. The van der Waals surface area contributed by atoms with Gasteiger partial charge in [0.1, 0.15) is 9.84 Å². The molecule has 0 heterocycles. The summed E-state index contributed by atoms with van der Waals surface area (Å²) in [7, 11) is -3.20. The second-order valence-corrected chi connectivity index (χ2v) is 5.96. The number of ether oxygens (including phenoxy) is 1. The molecule has 0 aromatic rings. The van der Waals surface area contributed by atoms with Crippen molar-refractivity contribution in [3.63, 3.8) is 0 Å². The van der Waals surface area contributed by atoms with Crippen molar-refractivity contribution in [2.45, 2.75) is 19.4 Å². The number of hydrogen-bond acceptors (Lipinski definition) is 5. The van der Waals surface area contributed by atoms with Crippen molar-refractivity contribution in [1.29, 1.82) is 0 Å². The average molecular weight is 286 g/mol. The van der Waals surface area contributed by atoms with Crippen LogP contribution in [0.3, 0.4) is 0 Å². The van der Waals surface area contributed by atoms with Gasteiger partial charge in [0.15, 0.2) is 5.78 Å². The van der Waals surface area contributed by atoms with Crippen LogP contribution in [0.25, 0.3) is 0 Å². The van der Waals surface area contributed by atoms with E-state index in [1.54, 1.807) is 6.92 Å². The molecule has 1 unspecified atom stereocenters. The standard InChI is InChI=1S/C9H16ClNO5S/c1-3-16-9(13)11-7(8(12)6-10)4-5-17(2,14)15/h7H,3-6H2,1-2H3,(H,11,13). The van der Waals surface area contributed by atoms with Crippen LogP contribution in [-0.2, 0) is 19.4 Å². The van der Waals surface area contributed by atoms with Gasteiger partial charge in [-0.3, -0.25) is 4.79 Å². The van der Waals surface area contributed by atoms with Crippen LogP contribution in [0.5, 0.6) is 0 Å². The predicted octanol–water partition coefficient (Wildman–Crippen LogP) is 0.344. The summed E-state index contributed by atoms with van der Waals surface area (Å²) in [5.74, 6) is -0.934. The molecule has 1 N–H and O–H groups in total. The number of sulfone groups is 1. The first-order valence-electron chi connectivity index (χ1n) is 4.99. The number of nitrogens with one attached hydrogen (secondary N) is 1. The number of amides is 1. The van der Waals surface area contributed by atoms with E-state index in [0.717, 1.165) is 6.26 Å². The van der Waals surface area contributed by atoms with Gasteiger partial charge in [-0.05, 0) is 13.3 Å². The SMILES string of the molecule is CCOC(=O)NC(CCS(C)(=O)=O)C(=O)CCl. The van der Waals surface area contributed by atoms with Crippen molar-refractivity contribution >= 4 is 33.3 Å². The summed E-state index contributed by atoms with van der Waals surface area (Å²) in [6.45, 7) is 1.79. The minimum absolute atomic E-state index is 0.0107. The molecule has 6 nitrogen and oxygen atoms in total. The van der Waals surface area contributed by atoms with Gasteiger partial charge in [0.25, 0.3) is 0 Å². The van der Waals surface area contributed by atoms with Crippen LogP contribution in [0.1, 0.15) is 13.3 Å². The van der Waals surface area contributed by atoms with E-state index >= 15 is 0 Å². The lowest BCUT2D eigenvalue weighted by molar-refractivity contribution is -0.118. The first-order valence-corrected chi connectivity index (χ1v) is 7.59. The molecule has 0 spiro atoms. The summed E-state index contributed by atoms with van der Waals surface area (Å²) in [6.07, 6.45) is 0.285. The number of rotatable bonds is 7. The lowest BCUT2D eigenvalue weighted by Crippen LogP contribution is -2.42. The van der Waals surface area contributed by atoms with Crippen LogP contribution in [0.2, 0.25) is 0 Å². The lowest BCUT2D eigenvalue weighted by atomic mass is 10.1. The first kappa shape index (κ1) is 16.2. The van der Waals surface area contributed by atoms with E-state index in [1.165, 1.54) is 0 Å². The smallest absolute Gasteiger partial charge is 0.407 e. The molecule has 0 fully saturated rings. The molecule has 0 aliphatic rings. The van der Waals surface area contributed by atoms with E-state index in [2.05, 4.69) is 10.1 Å². The molecular weight excluding hydrogens is 270 g/mol. The zero-order chi connectivity index (χ0) is 13.5. The molecule has 0 aromatic carbocycles. The van der Waals surface area contributed by atoms with E-state index in [4.69, 9.17) is 11.6 Å². The molecule has 0 aromatic heterocycles. The summed E-state index contributed by atoms with van der Waals surface area (Å²) >= 11 is 5.37. The Bertz CT molecular complexity index is 368. The van der Waals surface area contributed by atoms with Gasteiger partial charge < -0.3 is 10.1 Å². The fraction of sp³-hybridized carbons (Fsp3) is 0.778. The monoisotopic (exact) mass is 285 g/mol. The highest BCUT2D eigenvalue weighted by Gasteiger charge is 2.21. The third kappa shape index (κ3) is 7.98. The van der Waals surface area contributed by atoms with Gasteiger partial charge in [-0.1, -0.05) is 0 Å². The van der Waals surface area contributed by atoms with Gasteiger partial charge in [0, 0.05) is 6.26 Å². The van der Waals surface area contributed by atoms with Gasteiger partial charge in [-0.2, -0.15) is 0 Å². The number of alkyl halides is 1. The Hall–Kier alpha value is -0.820. The summed E-state index contributed by atoms with van der Waals surface area (Å²) in [4.78, 5) is 22.5. The Labute approximate surface area is 106 Å². The Morgan fingerprint density at radius 2 is 2.00 bits per heavy atom. The summed E-state index contributed by atoms with van der Waals surface area (Å²) < 4.78 is 26.5. The maximum Gasteiger partial charge on any atom is 0.407 e. The fourth-order valence-electron chi connectivity index (χ4n) is 1.05. The lowest BCUT2D eigenvalue weighted by Gasteiger charge is -2.15. The Morgan fingerprint density at radius 3 is 2.41 bits per heavy atom. The molecule has 0 aliphatic carbocycles. The van der Waals surface area contributed by atoms with Crippen molar-refractivity contribution < 1.29 is 22.7 Å². The van der Waals surface area contributed by atoms with Gasteiger partial charge in [-0.25, -0.2) is 13.2 Å². The van der Waals surface area contributed by atoms with Gasteiger partial charge in [-0.15, -0.1) is 11.6 Å². The third-order valence-electron chi connectivity index (χ3n) is 1.87. The van der Waals surface area contributed by atoms with E-state index in [9.17, 15) is 18.0 Å². The van der Waals surface area contributed by atoms with Gasteiger partial charge in [0.05, 0.1) is 24.3 Å². The molecule has 0 saturated heterocycles. The van der Waals surface area contributed by atoms with Crippen molar-refractivity contribution in [2.75, 3.05) is 24.5 Å². The Kier molecular flexibility index (Phi) is 7.13. The number of carbonyl (C=O) groups is 2. The molecule has 17 heavy (non-hydrogen) atoms. The molecule has 0 rings (SSSR count). The maximum absolute atomic E-state index is 11.4. The van der Waals surface area contributed by atoms with E-state index < -0.39 is 27.8 Å². The molecule has 100 valence electrons. The molecule has 0 saturated carbocycles. The zero-order valence-electron chi connectivity index (χ0n) is 9.73. The van der Waals surface area contributed by atoms with Gasteiger partial charge >= 0.3 is 6.09 Å². The summed E-state index contributed by atoms with van der Waals surface area (Å²) in [5.41, 5.74) is 0. The Morgan fingerprint density at radius 1 is 1.41 bits per heavy atom. The number of ketones is 1. The molecule has 0 aliphatic heterocycles. The van der Waals surface area contributed by atoms with Crippen molar-refractivity contribution in [1.82, 2.24) is 5.32 Å². The fourth-order valence-corrected chi connectivity index (χ4v) is 1.90. The maximum atomic E-state index is 11.4. The quantitative estimate of drug-likeness (QED) is 0.682. The van der Waals surface area contributed by atoms with E-state index in [0.29, 0.717) is 0 Å². The summed E-state index contributed by atoms with van der Waals surface area (Å²) in [5, 5.41) is 2.28. The number of Topliss-reactive ketones (excluding diaryl/α,β-unsaturated/α-hetero) is 1. The number of alkyl carbamates (subject to hydrolysis) is 1. The minimum Gasteiger partial charge on any atom is -0.450 e. The van der Waals surface area contributed by atoms with Crippen molar-refractivity contribution in [3.05, 3.63) is 0 Å². The molecular formula is C9H16ClNO5S. The second-order valence-electron chi connectivity index (χ2n) is 3.44. The van der Waals surface area contributed by atoms with E-state index in [1.807, 2.05) is 0 Å². The van der Waals surface area contributed by atoms with Crippen LogP contribution in [0.15, 0.2) is 0 Å². The van der Waals surface area contributed by atoms with Crippen LogP contribution in [0, 0.1) is 0 Å². The number of halogens is 1. The zero-order valence-corrected chi connectivity index (χ0v) is 11.3. The molecule has 0 radical (unpaired) electrons. The van der Waals surface area contributed by atoms with Crippen LogP contribution < -0.4 is 5.32 Å². The van der Waals surface area contributed by atoms with Crippen LogP contribution >= 0.6 is 11.6 Å². The van der Waals surface area contributed by atoms with E-state index in [-0.39, 0.29) is 24.7 Å². The summed E-state index contributed by atoms with van der Waals surface area (Å²) in [6, 6.07) is -0.929. The highest BCUT2D eigenvalue weighted by atomic mass is 35.5. The average Bonchev–Trinajstić information content (AvgIpc) is 2.22. The van der Waals surface area contributed by atoms with Crippen molar-refractivity contribution in [2.24, 2.45) is 0 Å². The largest absolute Gasteiger partial charge is 0.450 e. The van der Waals surface area contributed by atoms with Gasteiger partial charge in [0.2, 0.25) is 0 Å². The van der Waals surface area contributed by atoms with Crippen LogP contribution in [-0.4, -0.2) is 50.8 Å². The topological polar surface area (TPSA) is 89.5 Å². The normalized spacial score (nSPS) is 12.9. The highest BCUT2D eigenvalue weighted by molar-refractivity contribution is 7.90. The molecule has 8 heteroatoms. The van der Waals surface area contributed by atoms with Crippen LogP contribution in [0.4, 0.5) is 4.79 Å².